The van der Waals surface area contributed by atoms with Gasteiger partial charge in [0.1, 0.15) is 17.1 Å². The van der Waals surface area contributed by atoms with Crippen LogP contribution in [0.15, 0.2) is 38.5 Å². The molecule has 2 heterocycles. The molecule has 0 spiro atoms. The van der Waals surface area contributed by atoms with Crippen molar-refractivity contribution in [3.8, 4) is 5.75 Å². The third-order valence-corrected chi connectivity index (χ3v) is 5.16. The molecular weight excluding hydrogens is 344 g/mol. The molecular formula is C17H18N2O5S. The van der Waals surface area contributed by atoms with Gasteiger partial charge in [0.05, 0.1) is 17.6 Å². The minimum absolute atomic E-state index is 0.0525. The molecule has 8 heteroatoms. The fourth-order valence-electron chi connectivity index (χ4n) is 2.82. The number of benzene rings is 1. The lowest BCUT2D eigenvalue weighted by Gasteiger charge is -2.29. The molecule has 0 aliphatic carbocycles. The summed E-state index contributed by atoms with van der Waals surface area (Å²) in [6.45, 7) is 1.99. The summed E-state index contributed by atoms with van der Waals surface area (Å²) in [5.74, 6) is 0.0884. The molecule has 0 atom stereocenters. The summed E-state index contributed by atoms with van der Waals surface area (Å²) in [6.07, 6.45) is 3.96. The highest BCUT2D eigenvalue weighted by Crippen LogP contribution is 2.32. The maximum Gasteiger partial charge on any atom is 0.348 e. The van der Waals surface area contributed by atoms with Crippen LogP contribution in [0.25, 0.3) is 0 Å². The molecule has 0 bridgehead atoms. The number of aliphatic imine (C=N–C) groups is 1. The van der Waals surface area contributed by atoms with E-state index in [9.17, 15) is 18.3 Å². The van der Waals surface area contributed by atoms with E-state index in [0.717, 1.165) is 18.4 Å². The van der Waals surface area contributed by atoms with Gasteiger partial charge in [0, 0.05) is 18.8 Å². The van der Waals surface area contributed by atoms with Gasteiger partial charge in [0.25, 0.3) is 0 Å². The predicted octanol–water partition coefficient (Wildman–Crippen LogP) is 2.12. The van der Waals surface area contributed by atoms with Crippen LogP contribution in [0, 0.1) is 6.92 Å². The van der Waals surface area contributed by atoms with E-state index in [1.807, 2.05) is 6.07 Å². The SMILES string of the molecule is Cc1cc(O)c(C=Nc2ccc3c(c2)N(S(C)(=O)=O)CCC3)c(=O)o1. The highest BCUT2D eigenvalue weighted by atomic mass is 32.2. The van der Waals surface area contributed by atoms with E-state index in [-0.39, 0.29) is 11.3 Å². The average molecular weight is 362 g/mol. The monoisotopic (exact) mass is 362 g/mol. The summed E-state index contributed by atoms with van der Waals surface area (Å²) in [5.41, 5.74) is 1.28. The number of sulfonamides is 1. The Morgan fingerprint density at radius 2 is 2.08 bits per heavy atom. The number of rotatable bonds is 3. The number of nitrogens with zero attached hydrogens (tertiary/aromatic N) is 2. The second kappa shape index (κ2) is 6.36. The standard InChI is InChI=1S/C17H18N2O5S/c1-11-8-16(20)14(17(21)24-11)10-18-13-6-5-12-4-3-7-19(15(12)9-13)25(2,22)23/h5-6,8-10,20H,3-4,7H2,1-2H3. The lowest BCUT2D eigenvalue weighted by atomic mass is 10.0. The Bertz CT molecular complexity index is 1010. The highest BCUT2D eigenvalue weighted by Gasteiger charge is 2.24. The van der Waals surface area contributed by atoms with E-state index in [1.54, 1.807) is 19.1 Å². The van der Waals surface area contributed by atoms with Gasteiger partial charge in [0.15, 0.2) is 0 Å². The predicted molar refractivity (Wildman–Crippen MR) is 95.6 cm³/mol. The summed E-state index contributed by atoms with van der Waals surface area (Å²) < 4.78 is 30.2. The lowest BCUT2D eigenvalue weighted by molar-refractivity contribution is 0.433. The Labute approximate surface area is 145 Å². The zero-order chi connectivity index (χ0) is 18.2. The van der Waals surface area contributed by atoms with Crippen LogP contribution in [-0.2, 0) is 16.4 Å². The fourth-order valence-corrected chi connectivity index (χ4v) is 3.81. The summed E-state index contributed by atoms with van der Waals surface area (Å²) in [5, 5.41) is 9.85. The molecule has 25 heavy (non-hydrogen) atoms. The molecule has 132 valence electrons. The van der Waals surface area contributed by atoms with Gasteiger partial charge in [-0.3, -0.25) is 9.30 Å². The number of aromatic hydroxyl groups is 1. The van der Waals surface area contributed by atoms with Crippen molar-refractivity contribution in [1.29, 1.82) is 0 Å². The largest absolute Gasteiger partial charge is 0.507 e. The molecule has 0 saturated carbocycles. The molecule has 3 rings (SSSR count). The number of hydrogen-bond donors (Lipinski definition) is 1. The van der Waals surface area contributed by atoms with Crippen molar-refractivity contribution in [3.05, 3.63) is 51.6 Å². The third-order valence-electron chi connectivity index (χ3n) is 3.98. The van der Waals surface area contributed by atoms with Crippen LogP contribution in [0.4, 0.5) is 11.4 Å². The zero-order valence-electron chi connectivity index (χ0n) is 13.9. The van der Waals surface area contributed by atoms with E-state index >= 15 is 0 Å². The van der Waals surface area contributed by atoms with Crippen molar-refractivity contribution < 1.29 is 17.9 Å². The normalized spacial score (nSPS) is 14.7. The lowest BCUT2D eigenvalue weighted by Crippen LogP contribution is -2.34. The second-order valence-electron chi connectivity index (χ2n) is 5.95. The first-order valence-corrected chi connectivity index (χ1v) is 9.59. The molecule has 1 aliphatic heterocycles. The maximum absolute atomic E-state index is 12.0. The molecule has 0 amide bonds. The van der Waals surface area contributed by atoms with Crippen LogP contribution in [0.5, 0.6) is 5.75 Å². The number of aryl methyl sites for hydroxylation is 2. The van der Waals surface area contributed by atoms with Crippen LogP contribution >= 0.6 is 0 Å². The Morgan fingerprint density at radius 3 is 2.76 bits per heavy atom. The molecule has 1 aromatic carbocycles. The molecule has 0 saturated heterocycles. The van der Waals surface area contributed by atoms with Gasteiger partial charge in [-0.2, -0.15) is 0 Å². The minimum atomic E-state index is -3.36. The highest BCUT2D eigenvalue weighted by molar-refractivity contribution is 7.92. The van der Waals surface area contributed by atoms with Crippen LogP contribution in [0.1, 0.15) is 23.3 Å². The van der Waals surface area contributed by atoms with Gasteiger partial charge in [-0.1, -0.05) is 6.07 Å². The number of fused-ring (bicyclic) bond motifs is 1. The van der Waals surface area contributed by atoms with Gasteiger partial charge < -0.3 is 9.52 Å². The summed E-state index contributed by atoms with van der Waals surface area (Å²) in [7, 11) is -3.36. The Morgan fingerprint density at radius 1 is 1.32 bits per heavy atom. The summed E-state index contributed by atoms with van der Waals surface area (Å²) in [6, 6.07) is 6.57. The van der Waals surface area contributed by atoms with Crippen molar-refractivity contribution in [3.63, 3.8) is 0 Å². The first-order valence-electron chi connectivity index (χ1n) is 7.74. The minimum Gasteiger partial charge on any atom is -0.507 e. The van der Waals surface area contributed by atoms with Crippen LogP contribution < -0.4 is 9.93 Å². The zero-order valence-corrected chi connectivity index (χ0v) is 14.7. The Hall–Kier alpha value is -2.61. The van der Waals surface area contributed by atoms with Crippen molar-refractivity contribution >= 4 is 27.6 Å². The molecule has 0 radical (unpaired) electrons. The van der Waals surface area contributed by atoms with Crippen LogP contribution in [0.2, 0.25) is 0 Å². The van der Waals surface area contributed by atoms with Gasteiger partial charge in [-0.25, -0.2) is 13.2 Å². The van der Waals surface area contributed by atoms with E-state index in [2.05, 4.69) is 4.99 Å². The van der Waals surface area contributed by atoms with Gasteiger partial charge in [0.2, 0.25) is 10.0 Å². The summed E-state index contributed by atoms with van der Waals surface area (Å²) in [4.78, 5) is 16.0. The average Bonchev–Trinajstić information content (AvgIpc) is 2.52. The Balaban J connectivity index is 1.99. The van der Waals surface area contributed by atoms with E-state index in [4.69, 9.17) is 4.42 Å². The number of hydrogen-bond acceptors (Lipinski definition) is 6. The van der Waals surface area contributed by atoms with Gasteiger partial charge >= 0.3 is 5.63 Å². The van der Waals surface area contributed by atoms with E-state index in [1.165, 1.54) is 22.8 Å². The molecule has 0 unspecified atom stereocenters. The van der Waals surface area contributed by atoms with Crippen LogP contribution in [-0.4, -0.2) is 32.5 Å². The van der Waals surface area contributed by atoms with Crippen molar-refractivity contribution in [2.75, 3.05) is 17.1 Å². The molecule has 1 N–H and O–H groups in total. The Kier molecular flexibility index (Phi) is 4.38. The van der Waals surface area contributed by atoms with Crippen molar-refractivity contribution in [2.45, 2.75) is 19.8 Å². The molecule has 1 aliphatic rings. The molecule has 0 fully saturated rings. The van der Waals surface area contributed by atoms with Crippen LogP contribution in [0.3, 0.4) is 0 Å². The number of anilines is 1. The molecule has 7 nitrogen and oxygen atoms in total. The first kappa shape index (κ1) is 17.2. The maximum atomic E-state index is 12.0. The second-order valence-corrected chi connectivity index (χ2v) is 7.86. The quantitative estimate of drug-likeness (QED) is 0.843. The van der Waals surface area contributed by atoms with Gasteiger partial charge in [-0.05, 0) is 37.5 Å². The van der Waals surface area contributed by atoms with E-state index in [0.29, 0.717) is 23.7 Å². The topological polar surface area (TPSA) is 100 Å². The van der Waals surface area contributed by atoms with E-state index < -0.39 is 15.6 Å². The van der Waals surface area contributed by atoms with Gasteiger partial charge in [-0.15, -0.1) is 0 Å². The third kappa shape index (κ3) is 3.58. The fraction of sp³-hybridized carbons (Fsp3) is 0.294. The molecule has 1 aromatic heterocycles. The molecule has 2 aromatic rings. The smallest absolute Gasteiger partial charge is 0.348 e. The summed E-state index contributed by atoms with van der Waals surface area (Å²) >= 11 is 0. The van der Waals surface area contributed by atoms with Crippen molar-refractivity contribution in [1.82, 2.24) is 0 Å². The van der Waals surface area contributed by atoms with Crippen molar-refractivity contribution in [2.24, 2.45) is 4.99 Å². The first-order chi connectivity index (χ1) is 11.8.